The van der Waals surface area contributed by atoms with Crippen LogP contribution in [-0.4, -0.2) is 47.6 Å². The molecule has 1 fully saturated rings. The Kier molecular flexibility index (Phi) is 6.85. The van der Waals surface area contributed by atoms with Crippen LogP contribution in [0.25, 0.3) is 0 Å². The van der Waals surface area contributed by atoms with E-state index in [0.29, 0.717) is 19.1 Å². The van der Waals surface area contributed by atoms with Crippen molar-refractivity contribution in [2.45, 2.75) is 58.8 Å². The second-order valence-corrected chi connectivity index (χ2v) is 15.3. The summed E-state index contributed by atoms with van der Waals surface area (Å²) in [5.74, 6) is 1.26. The molecular weight excluding hydrogens is 447 g/mol. The molecule has 2 aliphatic heterocycles. The van der Waals surface area contributed by atoms with Gasteiger partial charge in [-0.25, -0.2) is 4.99 Å². The first-order chi connectivity index (χ1) is 15.6. The quantitative estimate of drug-likeness (QED) is 0.586. The molecule has 4 nitrogen and oxygen atoms in total. The maximum atomic E-state index is 13.6. The van der Waals surface area contributed by atoms with Crippen LogP contribution in [0.4, 0.5) is 0 Å². The van der Waals surface area contributed by atoms with Crippen molar-refractivity contribution < 1.29 is 9.53 Å². The normalized spacial score (nSPS) is 23.5. The third kappa shape index (κ3) is 4.68. The summed E-state index contributed by atoms with van der Waals surface area (Å²) < 4.78 is 6.11. The van der Waals surface area contributed by atoms with Crippen molar-refractivity contribution in [2.75, 3.05) is 13.2 Å². The van der Waals surface area contributed by atoms with Gasteiger partial charge in [-0.15, -0.1) is 0 Å². The van der Waals surface area contributed by atoms with Crippen molar-refractivity contribution in [1.29, 1.82) is 0 Å². The van der Waals surface area contributed by atoms with Crippen molar-refractivity contribution in [3.8, 4) is 0 Å². The Balaban J connectivity index is 1.78. The van der Waals surface area contributed by atoms with E-state index in [1.807, 2.05) is 37.8 Å². The molecule has 6 heteroatoms. The monoisotopic (exact) mass is 482 g/mol. The molecule has 2 heterocycles. The first-order valence-corrected chi connectivity index (χ1v) is 14.7. The summed E-state index contributed by atoms with van der Waals surface area (Å²) in [6.07, 6.45) is 0.784. The highest BCUT2D eigenvalue weighted by Crippen LogP contribution is 2.54. The second-order valence-electron chi connectivity index (χ2n) is 10.5. The molecule has 0 spiro atoms. The van der Waals surface area contributed by atoms with Gasteiger partial charge in [-0.1, -0.05) is 107 Å². The molecule has 1 amide bonds. The van der Waals surface area contributed by atoms with Gasteiger partial charge in [-0.3, -0.25) is 4.79 Å². The maximum absolute atomic E-state index is 13.6. The largest absolute Gasteiger partial charge is 0.477 e. The average Bonchev–Trinajstić information content (AvgIpc) is 3.46. The molecule has 1 saturated heterocycles. The zero-order valence-corrected chi connectivity index (χ0v) is 22.0. The lowest BCUT2D eigenvalue weighted by molar-refractivity contribution is -0.139. The number of benzene rings is 2. The summed E-state index contributed by atoms with van der Waals surface area (Å²) in [5, 5.41) is 2.41. The Morgan fingerprint density at radius 1 is 1.06 bits per heavy atom. The summed E-state index contributed by atoms with van der Waals surface area (Å²) in [7, 11) is 0. The molecule has 0 N–H and O–H groups in total. The minimum atomic E-state index is -2.18. The van der Waals surface area contributed by atoms with Gasteiger partial charge in [0.2, 0.25) is 11.8 Å². The summed E-state index contributed by atoms with van der Waals surface area (Å²) >= 11 is 6.61. The second kappa shape index (κ2) is 9.35. The lowest BCUT2D eigenvalue weighted by atomic mass is 9.94. The number of carbonyl (C=O) groups excluding carboxylic acids is 1. The van der Waals surface area contributed by atoms with E-state index in [4.69, 9.17) is 21.5 Å². The van der Waals surface area contributed by atoms with Crippen LogP contribution in [0.1, 0.15) is 41.0 Å². The van der Waals surface area contributed by atoms with Crippen LogP contribution in [-0.2, 0) is 21.3 Å². The third-order valence-electron chi connectivity index (χ3n) is 6.72. The molecule has 0 bridgehead atoms. The van der Waals surface area contributed by atoms with Crippen LogP contribution in [0, 0.1) is 11.3 Å². The molecule has 0 unspecified atom stereocenters. The van der Waals surface area contributed by atoms with Crippen molar-refractivity contribution in [1.82, 2.24) is 4.90 Å². The molecule has 2 aromatic rings. The zero-order valence-electron chi connectivity index (χ0n) is 20.3. The number of likely N-dealkylation sites (tertiary alicyclic amines) is 1. The molecule has 0 saturated carbocycles. The Morgan fingerprint density at radius 3 is 2.06 bits per heavy atom. The number of nitrogens with zero attached hydrogens (tertiary/aromatic N) is 2. The molecule has 176 valence electrons. The van der Waals surface area contributed by atoms with Crippen LogP contribution in [0.3, 0.4) is 0 Å². The third-order valence-corrected chi connectivity index (χ3v) is 12.4. The van der Waals surface area contributed by atoms with Gasteiger partial charge < -0.3 is 9.64 Å². The number of rotatable bonds is 5. The number of ether oxygens (including phenoxy) is 1. The van der Waals surface area contributed by atoms with Crippen LogP contribution < -0.4 is 10.6 Å². The smallest absolute Gasteiger partial charge is 0.228 e. The first kappa shape index (κ1) is 24.2. The van der Waals surface area contributed by atoms with Crippen molar-refractivity contribution in [3.63, 3.8) is 0 Å². The number of carbonyl (C=O) groups is 1. The van der Waals surface area contributed by atoms with E-state index >= 15 is 0 Å². The van der Waals surface area contributed by atoms with Crippen LogP contribution in [0.15, 0.2) is 65.7 Å². The zero-order chi connectivity index (χ0) is 23.8. The van der Waals surface area contributed by atoms with E-state index in [1.165, 1.54) is 10.6 Å². The summed E-state index contributed by atoms with van der Waals surface area (Å²) in [5.41, 5.74) is -0.316. The fraction of sp³-hybridized carbons (Fsp3) is 0.481. The number of amides is 1. The van der Waals surface area contributed by atoms with Crippen LogP contribution in [0.2, 0.25) is 0 Å². The van der Waals surface area contributed by atoms with E-state index in [0.717, 1.165) is 12.3 Å². The van der Waals surface area contributed by atoms with Gasteiger partial charge in [0.05, 0.1) is 6.04 Å². The van der Waals surface area contributed by atoms with Gasteiger partial charge in [0.1, 0.15) is 12.6 Å². The molecule has 2 aromatic carbocycles. The molecular formula is C27H35N2O2PS. The summed E-state index contributed by atoms with van der Waals surface area (Å²) in [4.78, 5) is 20.5. The van der Waals surface area contributed by atoms with E-state index < -0.39 is 11.5 Å². The Hall–Kier alpha value is -1.97. The van der Waals surface area contributed by atoms with Gasteiger partial charge in [0.15, 0.2) is 0 Å². The van der Waals surface area contributed by atoms with Crippen molar-refractivity contribution in [2.24, 2.45) is 16.3 Å². The first-order valence-electron chi connectivity index (χ1n) is 11.8. The highest BCUT2D eigenvalue weighted by molar-refractivity contribution is 8.22. The maximum Gasteiger partial charge on any atom is 0.228 e. The lowest BCUT2D eigenvalue weighted by Crippen LogP contribution is -2.46. The van der Waals surface area contributed by atoms with Gasteiger partial charge in [-0.2, -0.15) is 0 Å². The number of hydrogen-bond acceptors (Lipinski definition) is 4. The molecule has 0 radical (unpaired) electrons. The van der Waals surface area contributed by atoms with Crippen molar-refractivity contribution >= 4 is 40.3 Å². The Labute approximate surface area is 203 Å². The topological polar surface area (TPSA) is 41.9 Å². The van der Waals surface area contributed by atoms with Crippen LogP contribution >= 0.6 is 6.04 Å². The molecule has 2 aliphatic rings. The Bertz CT molecular complexity index is 1020. The van der Waals surface area contributed by atoms with Crippen molar-refractivity contribution in [3.05, 3.63) is 60.7 Å². The van der Waals surface area contributed by atoms with Gasteiger partial charge in [0, 0.05) is 23.7 Å². The van der Waals surface area contributed by atoms with E-state index in [-0.39, 0.29) is 23.6 Å². The molecule has 4 rings (SSSR count). The minimum absolute atomic E-state index is 0.136. The summed E-state index contributed by atoms with van der Waals surface area (Å²) in [6, 6.07) is 18.8. The molecule has 33 heavy (non-hydrogen) atoms. The van der Waals surface area contributed by atoms with Gasteiger partial charge in [-0.05, 0) is 22.9 Å². The number of hydrogen-bond donors (Lipinski definition) is 0. The van der Waals surface area contributed by atoms with Gasteiger partial charge in [0.25, 0.3) is 0 Å². The fourth-order valence-corrected chi connectivity index (χ4v) is 9.23. The lowest BCUT2D eigenvalue weighted by Gasteiger charge is -2.31. The molecule has 0 aliphatic carbocycles. The molecule has 3 atom stereocenters. The minimum Gasteiger partial charge on any atom is -0.477 e. The SMILES string of the molecule is CC(C)[C@H]1COC([C@H]2C[C@H](P(=S)(c3ccccc3)c3ccccc3)CN2C(=O)C(C)(C)C)=N1. The number of aliphatic imine (C=N–C) groups is 1. The molecule has 0 aromatic heterocycles. The summed E-state index contributed by atoms with van der Waals surface area (Å²) in [6.45, 7) is 11.5. The predicted molar refractivity (Wildman–Crippen MR) is 142 cm³/mol. The van der Waals surface area contributed by atoms with E-state index in [1.54, 1.807) is 0 Å². The predicted octanol–water partition coefficient (Wildman–Crippen LogP) is 4.59. The van der Waals surface area contributed by atoms with Crippen LogP contribution in [0.5, 0.6) is 0 Å². The van der Waals surface area contributed by atoms with Gasteiger partial charge >= 0.3 is 0 Å². The van der Waals surface area contributed by atoms with E-state index in [9.17, 15) is 4.79 Å². The highest BCUT2D eigenvalue weighted by atomic mass is 32.4. The standard InChI is InChI=1S/C27H35N2O2PS/c1-19(2)23-18-31-25(28-23)24-16-22(17-29(24)26(30)27(3,4)5)32(33,20-12-8-6-9-13-20)21-14-10-7-11-15-21/h6-15,19,22-24H,16-18H2,1-5H3/t22-,23+,24+/m0/s1. The van der Waals surface area contributed by atoms with E-state index in [2.05, 4.69) is 62.4 Å². The Morgan fingerprint density at radius 2 is 1.61 bits per heavy atom. The highest BCUT2D eigenvalue weighted by Gasteiger charge is 2.48. The fourth-order valence-electron chi connectivity index (χ4n) is 4.77. The average molecular weight is 483 g/mol.